The fourth-order valence-corrected chi connectivity index (χ4v) is 2.19. The van der Waals surface area contributed by atoms with E-state index in [0.717, 1.165) is 5.56 Å². The largest absolute Gasteiger partial charge is 0.359 e. The second-order valence-corrected chi connectivity index (χ2v) is 4.81. The van der Waals surface area contributed by atoms with E-state index in [4.69, 9.17) is 4.52 Å². The number of likely N-dealkylation sites (N-methyl/N-ethyl adjacent to an activating group) is 1. The minimum absolute atomic E-state index is 0.131. The molecule has 0 atom stereocenters. The van der Waals surface area contributed by atoms with E-state index in [1.54, 1.807) is 7.05 Å². The number of hydrogen-bond donors (Lipinski definition) is 1. The molecule has 0 spiro atoms. The second-order valence-electron chi connectivity index (χ2n) is 4.81. The SMILES string of the molecule is CNC(=O)Cc1noc(Cc2ccc3ccccc3c2)n1. The maximum atomic E-state index is 11.3. The normalized spacial score (nSPS) is 10.7. The van der Waals surface area contributed by atoms with Crippen molar-refractivity contribution >= 4 is 16.7 Å². The molecule has 1 N–H and O–H groups in total. The third kappa shape index (κ3) is 3.08. The Kier molecular flexibility index (Phi) is 3.64. The van der Waals surface area contributed by atoms with Gasteiger partial charge >= 0.3 is 0 Å². The van der Waals surface area contributed by atoms with Gasteiger partial charge in [0, 0.05) is 7.05 Å². The molecule has 106 valence electrons. The Morgan fingerprint density at radius 3 is 2.81 bits per heavy atom. The van der Waals surface area contributed by atoms with Gasteiger partial charge in [0.25, 0.3) is 0 Å². The Morgan fingerprint density at radius 1 is 1.19 bits per heavy atom. The lowest BCUT2D eigenvalue weighted by Crippen LogP contribution is -2.20. The van der Waals surface area contributed by atoms with Gasteiger partial charge in [0.2, 0.25) is 11.8 Å². The van der Waals surface area contributed by atoms with E-state index in [1.807, 2.05) is 18.2 Å². The summed E-state index contributed by atoms with van der Waals surface area (Å²) in [7, 11) is 1.58. The number of benzene rings is 2. The van der Waals surface area contributed by atoms with Gasteiger partial charge in [0.15, 0.2) is 5.82 Å². The number of nitrogens with zero attached hydrogens (tertiary/aromatic N) is 2. The third-order valence-electron chi connectivity index (χ3n) is 3.28. The number of carbonyl (C=O) groups excluding carboxylic acids is 1. The number of rotatable bonds is 4. The fourth-order valence-electron chi connectivity index (χ4n) is 2.19. The smallest absolute Gasteiger partial charge is 0.231 e. The molecule has 3 aromatic rings. The van der Waals surface area contributed by atoms with Gasteiger partial charge < -0.3 is 9.84 Å². The van der Waals surface area contributed by atoms with Gasteiger partial charge in [-0.05, 0) is 16.3 Å². The van der Waals surface area contributed by atoms with Crippen molar-refractivity contribution in [3.8, 4) is 0 Å². The zero-order valence-electron chi connectivity index (χ0n) is 11.7. The quantitative estimate of drug-likeness (QED) is 0.795. The van der Waals surface area contributed by atoms with E-state index in [9.17, 15) is 4.79 Å². The summed E-state index contributed by atoms with van der Waals surface area (Å²) in [6.07, 6.45) is 0.698. The van der Waals surface area contributed by atoms with Gasteiger partial charge in [-0.2, -0.15) is 4.98 Å². The first kappa shape index (κ1) is 13.3. The van der Waals surface area contributed by atoms with Crippen LogP contribution < -0.4 is 5.32 Å². The highest BCUT2D eigenvalue weighted by molar-refractivity contribution is 5.83. The molecule has 5 nitrogen and oxygen atoms in total. The van der Waals surface area contributed by atoms with Crippen molar-refractivity contribution in [2.45, 2.75) is 12.8 Å². The molecule has 0 aliphatic carbocycles. The number of hydrogen-bond acceptors (Lipinski definition) is 4. The van der Waals surface area contributed by atoms with Crippen LogP contribution >= 0.6 is 0 Å². The first-order valence-electron chi connectivity index (χ1n) is 6.74. The molecule has 3 rings (SSSR count). The molecule has 0 radical (unpaired) electrons. The monoisotopic (exact) mass is 281 g/mol. The van der Waals surface area contributed by atoms with Crippen molar-refractivity contribution < 1.29 is 9.32 Å². The van der Waals surface area contributed by atoms with Gasteiger partial charge in [-0.15, -0.1) is 0 Å². The molecule has 0 aliphatic heterocycles. The van der Waals surface area contributed by atoms with Crippen molar-refractivity contribution in [1.82, 2.24) is 15.5 Å². The van der Waals surface area contributed by atoms with E-state index in [1.165, 1.54) is 10.8 Å². The van der Waals surface area contributed by atoms with Crippen LogP contribution in [0.4, 0.5) is 0 Å². The lowest BCUT2D eigenvalue weighted by atomic mass is 10.1. The van der Waals surface area contributed by atoms with Crippen LogP contribution in [-0.4, -0.2) is 23.1 Å². The number of amides is 1. The molecule has 0 saturated heterocycles. The van der Waals surface area contributed by atoms with Crippen LogP contribution in [0.25, 0.3) is 10.8 Å². The van der Waals surface area contributed by atoms with E-state index in [0.29, 0.717) is 18.1 Å². The average molecular weight is 281 g/mol. The summed E-state index contributed by atoms with van der Waals surface area (Å²) >= 11 is 0. The molecule has 0 fully saturated rings. The Labute approximate surface area is 122 Å². The minimum atomic E-state index is -0.131. The molecule has 0 bridgehead atoms. The Bertz CT molecular complexity index is 780. The van der Waals surface area contributed by atoms with E-state index < -0.39 is 0 Å². The summed E-state index contributed by atoms with van der Waals surface area (Å²) in [4.78, 5) is 15.5. The maximum Gasteiger partial charge on any atom is 0.231 e. The van der Waals surface area contributed by atoms with Gasteiger partial charge in [-0.3, -0.25) is 4.79 Å². The Morgan fingerprint density at radius 2 is 2.00 bits per heavy atom. The first-order valence-corrected chi connectivity index (χ1v) is 6.74. The van der Waals surface area contributed by atoms with Crippen LogP contribution in [0.15, 0.2) is 47.0 Å². The zero-order valence-corrected chi connectivity index (χ0v) is 11.7. The highest BCUT2D eigenvalue weighted by Crippen LogP contribution is 2.17. The highest BCUT2D eigenvalue weighted by Gasteiger charge is 2.10. The third-order valence-corrected chi connectivity index (χ3v) is 3.28. The summed E-state index contributed by atoms with van der Waals surface area (Å²) < 4.78 is 5.18. The molecular formula is C16H15N3O2. The Balaban J connectivity index is 1.77. The van der Waals surface area contributed by atoms with Crippen molar-refractivity contribution in [3.63, 3.8) is 0 Å². The number of carbonyl (C=O) groups is 1. The lowest BCUT2D eigenvalue weighted by Gasteiger charge is -2.00. The molecule has 0 unspecified atom stereocenters. The molecule has 1 heterocycles. The van der Waals surface area contributed by atoms with Gasteiger partial charge in [-0.25, -0.2) is 0 Å². The van der Waals surface area contributed by atoms with Gasteiger partial charge in [-0.1, -0.05) is 47.6 Å². The van der Waals surface area contributed by atoms with Crippen LogP contribution in [0.2, 0.25) is 0 Å². The van der Waals surface area contributed by atoms with E-state index in [-0.39, 0.29) is 12.3 Å². The van der Waals surface area contributed by atoms with Crippen molar-refractivity contribution in [2.24, 2.45) is 0 Å². The first-order chi connectivity index (χ1) is 10.2. The minimum Gasteiger partial charge on any atom is -0.359 e. The fraction of sp³-hybridized carbons (Fsp3) is 0.188. The molecule has 0 saturated carbocycles. The molecule has 1 amide bonds. The van der Waals surface area contributed by atoms with Crippen molar-refractivity contribution in [1.29, 1.82) is 0 Å². The van der Waals surface area contributed by atoms with Crippen molar-refractivity contribution in [2.75, 3.05) is 7.05 Å². The van der Waals surface area contributed by atoms with Crippen LogP contribution in [0.5, 0.6) is 0 Å². The summed E-state index contributed by atoms with van der Waals surface area (Å²) in [6.45, 7) is 0. The molecular weight excluding hydrogens is 266 g/mol. The average Bonchev–Trinajstić information content (AvgIpc) is 2.94. The second kappa shape index (κ2) is 5.75. The highest BCUT2D eigenvalue weighted by atomic mass is 16.5. The number of aromatic nitrogens is 2. The molecule has 21 heavy (non-hydrogen) atoms. The zero-order chi connectivity index (χ0) is 14.7. The lowest BCUT2D eigenvalue weighted by molar-refractivity contribution is -0.120. The maximum absolute atomic E-state index is 11.3. The Hall–Kier alpha value is -2.69. The van der Waals surface area contributed by atoms with Crippen molar-refractivity contribution in [3.05, 3.63) is 59.7 Å². The van der Waals surface area contributed by atoms with Crippen LogP contribution in [0.1, 0.15) is 17.3 Å². The topological polar surface area (TPSA) is 68.0 Å². The molecule has 2 aromatic carbocycles. The molecule has 5 heteroatoms. The van der Waals surface area contributed by atoms with E-state index in [2.05, 4.69) is 39.7 Å². The van der Waals surface area contributed by atoms with Crippen LogP contribution in [0, 0.1) is 0 Å². The van der Waals surface area contributed by atoms with Gasteiger partial charge in [0.05, 0.1) is 12.8 Å². The number of fused-ring (bicyclic) bond motifs is 1. The summed E-state index contributed by atoms with van der Waals surface area (Å²) in [5.41, 5.74) is 1.10. The van der Waals surface area contributed by atoms with Crippen LogP contribution in [0.3, 0.4) is 0 Å². The van der Waals surface area contributed by atoms with Gasteiger partial charge in [0.1, 0.15) is 0 Å². The molecule has 1 aromatic heterocycles. The summed E-state index contributed by atoms with van der Waals surface area (Å²) in [5, 5.41) is 8.73. The van der Waals surface area contributed by atoms with E-state index >= 15 is 0 Å². The molecule has 0 aliphatic rings. The number of nitrogens with one attached hydrogen (secondary N) is 1. The van der Waals surface area contributed by atoms with Crippen LogP contribution in [-0.2, 0) is 17.6 Å². The standard InChI is InChI=1S/C16H15N3O2/c1-17-15(20)10-14-18-16(21-19-14)9-11-6-7-12-4-2-3-5-13(12)8-11/h2-8H,9-10H2,1H3,(H,17,20). The predicted molar refractivity (Wildman–Crippen MR) is 78.8 cm³/mol. The summed E-state index contributed by atoms with van der Waals surface area (Å²) in [6, 6.07) is 14.4. The predicted octanol–water partition coefficient (Wildman–Crippen LogP) is 2.10. The summed E-state index contributed by atoms with van der Waals surface area (Å²) in [5.74, 6) is 0.794.